The van der Waals surface area contributed by atoms with Crippen molar-refractivity contribution in [2.45, 2.75) is 117 Å². The summed E-state index contributed by atoms with van der Waals surface area (Å²) in [4.78, 5) is 11.2. The minimum absolute atomic E-state index is 0.0268. The van der Waals surface area contributed by atoms with Crippen LogP contribution in [0.4, 0.5) is 0 Å². The molecule has 1 aliphatic heterocycles. The fourth-order valence-electron chi connectivity index (χ4n) is 9.30. The van der Waals surface area contributed by atoms with Gasteiger partial charge in [-0.3, -0.25) is 4.79 Å². The molecule has 4 heteroatoms. The van der Waals surface area contributed by atoms with Crippen LogP contribution in [-0.4, -0.2) is 30.1 Å². The molecule has 1 heterocycles. The van der Waals surface area contributed by atoms with Gasteiger partial charge in [-0.2, -0.15) is 0 Å². The summed E-state index contributed by atoms with van der Waals surface area (Å²) in [5, 5.41) is 9.18. The molecule has 1 saturated heterocycles. The van der Waals surface area contributed by atoms with Crippen LogP contribution in [0.5, 0.6) is 0 Å². The normalized spacial score (nSPS) is 46.0. The van der Waals surface area contributed by atoms with Crippen molar-refractivity contribution in [3.8, 4) is 0 Å². The number of carboxylic acids is 1. The van der Waals surface area contributed by atoms with E-state index in [2.05, 4.69) is 26.8 Å². The highest BCUT2D eigenvalue weighted by Gasteiger charge is 2.59. The lowest BCUT2D eigenvalue weighted by atomic mass is 9.47. The van der Waals surface area contributed by atoms with Gasteiger partial charge in [0, 0.05) is 13.0 Å². The van der Waals surface area contributed by atoms with Crippen LogP contribution in [0.1, 0.15) is 104 Å². The molecule has 0 aromatic heterocycles. The lowest BCUT2D eigenvalue weighted by Crippen LogP contribution is -2.51. The molecule has 0 radical (unpaired) electrons. The quantitative estimate of drug-likeness (QED) is 0.436. The van der Waals surface area contributed by atoms with Crippen molar-refractivity contribution in [3.63, 3.8) is 0 Å². The Morgan fingerprint density at radius 3 is 2.76 bits per heavy atom. The predicted molar refractivity (Wildman–Crippen MR) is 130 cm³/mol. The third-order valence-electron chi connectivity index (χ3n) is 11.1. The Hall–Kier alpha value is -0.870. The molecule has 3 saturated carbocycles. The van der Waals surface area contributed by atoms with E-state index < -0.39 is 5.97 Å². The smallest absolute Gasteiger partial charge is 0.303 e. The van der Waals surface area contributed by atoms with E-state index in [1.54, 1.807) is 5.57 Å². The molecule has 1 N–H and O–H groups in total. The van der Waals surface area contributed by atoms with Crippen molar-refractivity contribution in [1.82, 2.24) is 0 Å². The van der Waals surface area contributed by atoms with Crippen molar-refractivity contribution in [2.24, 2.45) is 40.4 Å². The Kier molecular flexibility index (Phi) is 6.72. The molecule has 4 fully saturated rings. The summed E-state index contributed by atoms with van der Waals surface area (Å²) in [7, 11) is 0. The Labute approximate surface area is 200 Å². The lowest BCUT2D eigenvalue weighted by Gasteiger charge is -2.58. The number of allylic oxidation sites excluding steroid dienone is 1. The zero-order valence-corrected chi connectivity index (χ0v) is 21.2. The number of aliphatic carboxylic acids is 1. The van der Waals surface area contributed by atoms with E-state index in [0.717, 1.165) is 43.6 Å². The van der Waals surface area contributed by atoms with Crippen LogP contribution in [0.2, 0.25) is 0 Å². The molecule has 0 aromatic carbocycles. The van der Waals surface area contributed by atoms with E-state index in [-0.39, 0.29) is 6.29 Å². The number of fused-ring (bicyclic) bond motifs is 5. The van der Waals surface area contributed by atoms with Crippen LogP contribution < -0.4 is 0 Å². The average molecular weight is 459 g/mol. The molecule has 5 aliphatic rings. The standard InChI is InChI=1S/C29H46O4/c1-19(7-12-26(30)31)23-10-11-24-22-9-8-20-18-21(33-27-6-4-5-17-32-27)13-15-28(20,2)25(22)14-16-29(23,24)3/h8,19,21-25,27H,4-7,9-18H2,1-3H3,(H,30,31)/t19-,21+,22+,23-,24+,25+,27?,28+,29-/m1/s1. The molecule has 4 nitrogen and oxygen atoms in total. The van der Waals surface area contributed by atoms with E-state index in [4.69, 9.17) is 9.47 Å². The molecule has 0 spiro atoms. The van der Waals surface area contributed by atoms with Crippen molar-refractivity contribution in [1.29, 1.82) is 0 Å². The number of rotatable bonds is 6. The third-order valence-corrected chi connectivity index (χ3v) is 11.1. The second-order valence-corrected chi connectivity index (χ2v) is 12.7. The van der Waals surface area contributed by atoms with Gasteiger partial charge < -0.3 is 14.6 Å². The van der Waals surface area contributed by atoms with Crippen LogP contribution in [0.3, 0.4) is 0 Å². The van der Waals surface area contributed by atoms with Crippen molar-refractivity contribution >= 4 is 5.97 Å². The zero-order chi connectivity index (χ0) is 23.2. The number of carbonyl (C=O) groups is 1. The Balaban J connectivity index is 1.27. The maximum Gasteiger partial charge on any atom is 0.303 e. The van der Waals surface area contributed by atoms with Gasteiger partial charge in [0.15, 0.2) is 6.29 Å². The Morgan fingerprint density at radius 1 is 1.15 bits per heavy atom. The van der Waals surface area contributed by atoms with Crippen LogP contribution in [0, 0.1) is 40.4 Å². The number of ether oxygens (including phenoxy) is 2. The van der Waals surface area contributed by atoms with E-state index >= 15 is 0 Å². The molecule has 1 unspecified atom stereocenters. The van der Waals surface area contributed by atoms with Gasteiger partial charge in [0.2, 0.25) is 0 Å². The van der Waals surface area contributed by atoms with Gasteiger partial charge in [0.25, 0.3) is 0 Å². The molecule has 9 atom stereocenters. The maximum atomic E-state index is 11.2. The van der Waals surface area contributed by atoms with Crippen LogP contribution in [0.15, 0.2) is 11.6 Å². The number of carboxylic acid groups (broad SMARTS) is 1. The summed E-state index contributed by atoms with van der Waals surface area (Å²) in [5.41, 5.74) is 2.44. The SMILES string of the molecule is C[C@H](CCC(=O)O)[C@H]1CC[C@H]2[C@@H]3CC=C4C[C@@H](OC5CCCCO5)CC[C@]4(C)[C@H]3CC[C@]12C. The minimum Gasteiger partial charge on any atom is -0.481 e. The first-order valence-corrected chi connectivity index (χ1v) is 14.0. The van der Waals surface area contributed by atoms with E-state index in [9.17, 15) is 9.90 Å². The highest BCUT2D eigenvalue weighted by atomic mass is 16.7. The molecular formula is C29H46O4. The highest BCUT2D eigenvalue weighted by Crippen LogP contribution is 2.67. The van der Waals surface area contributed by atoms with Gasteiger partial charge >= 0.3 is 5.97 Å². The summed E-state index contributed by atoms with van der Waals surface area (Å²) in [6.45, 7) is 8.33. The molecular weight excluding hydrogens is 412 g/mol. The van der Waals surface area contributed by atoms with Crippen molar-refractivity contribution in [3.05, 3.63) is 11.6 Å². The highest BCUT2D eigenvalue weighted by molar-refractivity contribution is 5.66. The van der Waals surface area contributed by atoms with Crippen molar-refractivity contribution < 1.29 is 19.4 Å². The first-order valence-electron chi connectivity index (χ1n) is 14.0. The maximum absolute atomic E-state index is 11.2. The van der Waals surface area contributed by atoms with Gasteiger partial charge in [-0.05, 0) is 117 Å². The molecule has 4 aliphatic carbocycles. The fraction of sp³-hybridized carbons (Fsp3) is 0.897. The summed E-state index contributed by atoms with van der Waals surface area (Å²) >= 11 is 0. The Bertz CT molecular complexity index is 755. The summed E-state index contributed by atoms with van der Waals surface area (Å²) in [6, 6.07) is 0. The average Bonchev–Trinajstić information content (AvgIpc) is 3.16. The van der Waals surface area contributed by atoms with Gasteiger partial charge in [-0.25, -0.2) is 0 Å². The lowest BCUT2D eigenvalue weighted by molar-refractivity contribution is -0.195. The predicted octanol–water partition coefficient (Wildman–Crippen LogP) is 6.98. The molecule has 0 bridgehead atoms. The van der Waals surface area contributed by atoms with Crippen LogP contribution in [0.25, 0.3) is 0 Å². The number of hydrogen-bond acceptors (Lipinski definition) is 3. The third kappa shape index (κ3) is 4.33. The fourth-order valence-corrected chi connectivity index (χ4v) is 9.30. The van der Waals surface area contributed by atoms with Gasteiger partial charge in [0.05, 0.1) is 6.10 Å². The first kappa shape index (κ1) is 23.9. The minimum atomic E-state index is -0.641. The molecule has 0 amide bonds. The van der Waals surface area contributed by atoms with E-state index in [0.29, 0.717) is 35.2 Å². The summed E-state index contributed by atoms with van der Waals surface area (Å²) < 4.78 is 12.3. The molecule has 5 rings (SSSR count). The van der Waals surface area contributed by atoms with Gasteiger partial charge in [0.1, 0.15) is 0 Å². The van der Waals surface area contributed by atoms with Crippen molar-refractivity contribution in [2.75, 3.05) is 6.61 Å². The second kappa shape index (κ2) is 9.30. The van der Waals surface area contributed by atoms with Gasteiger partial charge in [-0.15, -0.1) is 0 Å². The van der Waals surface area contributed by atoms with Crippen LogP contribution >= 0.6 is 0 Å². The first-order chi connectivity index (χ1) is 15.8. The van der Waals surface area contributed by atoms with E-state index in [1.165, 1.54) is 57.8 Å². The zero-order valence-electron chi connectivity index (χ0n) is 21.2. The molecule has 33 heavy (non-hydrogen) atoms. The van der Waals surface area contributed by atoms with Crippen LogP contribution in [-0.2, 0) is 14.3 Å². The Morgan fingerprint density at radius 2 is 2.00 bits per heavy atom. The molecule has 186 valence electrons. The second-order valence-electron chi connectivity index (χ2n) is 12.7. The summed E-state index contributed by atoms with van der Waals surface area (Å²) in [5.74, 6) is 3.02. The van der Waals surface area contributed by atoms with E-state index in [1.807, 2.05) is 0 Å². The topological polar surface area (TPSA) is 55.8 Å². The summed E-state index contributed by atoms with van der Waals surface area (Å²) in [6.07, 6.45) is 17.8. The monoisotopic (exact) mass is 458 g/mol. The molecule has 0 aromatic rings. The van der Waals surface area contributed by atoms with Gasteiger partial charge in [-0.1, -0.05) is 32.4 Å². The number of hydrogen-bond donors (Lipinski definition) is 1. The largest absolute Gasteiger partial charge is 0.481 e.